The van der Waals surface area contributed by atoms with Crippen LogP contribution in [0.4, 0.5) is 0 Å². The summed E-state index contributed by atoms with van der Waals surface area (Å²) < 4.78 is 5.19. The molecule has 1 aromatic carbocycles. The van der Waals surface area contributed by atoms with Gasteiger partial charge >= 0.3 is 0 Å². The molecule has 19 heavy (non-hydrogen) atoms. The summed E-state index contributed by atoms with van der Waals surface area (Å²) in [6.45, 7) is 1.26. The van der Waals surface area contributed by atoms with Gasteiger partial charge in [0.25, 0.3) is 5.91 Å². The van der Waals surface area contributed by atoms with E-state index in [0.717, 1.165) is 29.9 Å². The third-order valence-corrected chi connectivity index (χ3v) is 2.91. The van der Waals surface area contributed by atoms with Gasteiger partial charge in [-0.05, 0) is 43.8 Å². The molecule has 2 aromatic rings. The van der Waals surface area contributed by atoms with Gasteiger partial charge in [-0.2, -0.15) is 0 Å². The maximum Gasteiger partial charge on any atom is 0.251 e. The van der Waals surface area contributed by atoms with Crippen LogP contribution in [-0.2, 0) is 13.0 Å². The minimum atomic E-state index is -0.0666. The van der Waals surface area contributed by atoms with E-state index >= 15 is 0 Å². The Morgan fingerprint density at radius 3 is 2.79 bits per heavy atom. The van der Waals surface area contributed by atoms with Gasteiger partial charge < -0.3 is 15.1 Å². The van der Waals surface area contributed by atoms with Crippen molar-refractivity contribution in [2.45, 2.75) is 13.0 Å². The molecule has 0 aliphatic heterocycles. The summed E-state index contributed by atoms with van der Waals surface area (Å²) in [5.41, 5.74) is 1.78. The number of amides is 1. The Hall–Kier alpha value is -2.07. The lowest BCUT2D eigenvalue weighted by atomic mass is 10.0. The number of rotatable bonds is 6. The van der Waals surface area contributed by atoms with Gasteiger partial charge in [-0.1, -0.05) is 18.2 Å². The van der Waals surface area contributed by atoms with Gasteiger partial charge in [0.1, 0.15) is 5.76 Å². The van der Waals surface area contributed by atoms with E-state index in [2.05, 4.69) is 10.6 Å². The molecule has 0 atom stereocenters. The molecule has 0 bridgehead atoms. The number of furan rings is 1. The highest BCUT2D eigenvalue weighted by molar-refractivity contribution is 5.95. The second-order valence-electron chi connectivity index (χ2n) is 4.27. The zero-order valence-corrected chi connectivity index (χ0v) is 11.0. The molecule has 0 aliphatic rings. The first-order valence-electron chi connectivity index (χ1n) is 6.34. The Bertz CT molecular complexity index is 521. The Kier molecular flexibility index (Phi) is 4.75. The van der Waals surface area contributed by atoms with Crippen molar-refractivity contribution < 1.29 is 9.21 Å². The van der Waals surface area contributed by atoms with Crippen molar-refractivity contribution >= 4 is 5.91 Å². The number of hydrogen-bond acceptors (Lipinski definition) is 3. The van der Waals surface area contributed by atoms with Crippen LogP contribution in [0.5, 0.6) is 0 Å². The average molecular weight is 258 g/mol. The Morgan fingerprint density at radius 2 is 2.05 bits per heavy atom. The van der Waals surface area contributed by atoms with Crippen LogP contribution in [0.1, 0.15) is 21.7 Å². The molecule has 0 unspecified atom stereocenters. The van der Waals surface area contributed by atoms with Crippen molar-refractivity contribution in [2.75, 3.05) is 13.6 Å². The van der Waals surface area contributed by atoms with Gasteiger partial charge in [-0.3, -0.25) is 4.79 Å². The van der Waals surface area contributed by atoms with Crippen molar-refractivity contribution in [1.29, 1.82) is 0 Å². The lowest BCUT2D eigenvalue weighted by Gasteiger charge is -2.09. The molecule has 0 saturated heterocycles. The van der Waals surface area contributed by atoms with Gasteiger partial charge in [-0.25, -0.2) is 0 Å². The van der Waals surface area contributed by atoms with Crippen molar-refractivity contribution in [1.82, 2.24) is 10.6 Å². The summed E-state index contributed by atoms with van der Waals surface area (Å²) in [4.78, 5) is 12.2. The Labute approximate surface area is 112 Å². The highest BCUT2D eigenvalue weighted by Gasteiger charge is 2.10. The molecule has 2 rings (SSSR count). The largest absolute Gasteiger partial charge is 0.467 e. The van der Waals surface area contributed by atoms with E-state index in [9.17, 15) is 4.79 Å². The quantitative estimate of drug-likeness (QED) is 0.833. The van der Waals surface area contributed by atoms with Crippen LogP contribution >= 0.6 is 0 Å². The molecular weight excluding hydrogens is 240 g/mol. The molecular formula is C15H18N2O2. The third kappa shape index (κ3) is 3.69. The maximum absolute atomic E-state index is 12.2. The summed E-state index contributed by atoms with van der Waals surface area (Å²) in [5, 5.41) is 5.96. The molecule has 0 radical (unpaired) electrons. The van der Waals surface area contributed by atoms with Crippen LogP contribution in [-0.4, -0.2) is 19.5 Å². The number of benzene rings is 1. The van der Waals surface area contributed by atoms with Crippen LogP contribution in [0.3, 0.4) is 0 Å². The SMILES string of the molecule is CNCCc1ccccc1C(=O)NCc1ccco1. The normalized spacial score (nSPS) is 10.4. The van der Waals surface area contributed by atoms with Crippen molar-refractivity contribution in [2.24, 2.45) is 0 Å². The predicted octanol–water partition coefficient (Wildman–Crippen LogP) is 1.97. The van der Waals surface area contributed by atoms with Gasteiger partial charge in [-0.15, -0.1) is 0 Å². The first-order chi connectivity index (χ1) is 9.31. The molecule has 0 fully saturated rings. The van der Waals surface area contributed by atoms with Crippen LogP contribution in [0, 0.1) is 0 Å². The monoisotopic (exact) mass is 258 g/mol. The summed E-state index contributed by atoms with van der Waals surface area (Å²) in [7, 11) is 1.90. The maximum atomic E-state index is 12.2. The minimum absolute atomic E-state index is 0.0666. The van der Waals surface area contributed by atoms with E-state index in [0.29, 0.717) is 6.54 Å². The smallest absolute Gasteiger partial charge is 0.251 e. The molecule has 4 heteroatoms. The molecule has 1 amide bonds. The fourth-order valence-electron chi connectivity index (χ4n) is 1.90. The molecule has 0 spiro atoms. The molecule has 1 aromatic heterocycles. The second kappa shape index (κ2) is 6.75. The third-order valence-electron chi connectivity index (χ3n) is 2.91. The van der Waals surface area contributed by atoms with Crippen LogP contribution < -0.4 is 10.6 Å². The van der Waals surface area contributed by atoms with Gasteiger partial charge in [0, 0.05) is 5.56 Å². The Morgan fingerprint density at radius 1 is 1.21 bits per heavy atom. The van der Waals surface area contributed by atoms with Crippen molar-refractivity contribution in [3.8, 4) is 0 Å². The van der Waals surface area contributed by atoms with E-state index in [4.69, 9.17) is 4.42 Å². The highest BCUT2D eigenvalue weighted by atomic mass is 16.3. The summed E-state index contributed by atoms with van der Waals surface area (Å²) in [6, 6.07) is 11.3. The van der Waals surface area contributed by atoms with Gasteiger partial charge in [0.05, 0.1) is 12.8 Å². The fraction of sp³-hybridized carbons (Fsp3) is 0.267. The highest BCUT2D eigenvalue weighted by Crippen LogP contribution is 2.10. The lowest BCUT2D eigenvalue weighted by Crippen LogP contribution is -2.24. The van der Waals surface area contributed by atoms with E-state index in [1.54, 1.807) is 6.26 Å². The number of nitrogens with one attached hydrogen (secondary N) is 2. The molecule has 0 saturated carbocycles. The van der Waals surface area contributed by atoms with Crippen molar-refractivity contribution in [3.05, 3.63) is 59.5 Å². The van der Waals surface area contributed by atoms with Crippen molar-refractivity contribution in [3.63, 3.8) is 0 Å². The van der Waals surface area contributed by atoms with E-state index in [1.165, 1.54) is 0 Å². The standard InChI is InChI=1S/C15H18N2O2/c1-16-9-8-12-5-2-3-7-14(12)15(18)17-11-13-6-4-10-19-13/h2-7,10,16H,8-9,11H2,1H3,(H,17,18). The zero-order valence-electron chi connectivity index (χ0n) is 11.0. The average Bonchev–Trinajstić information content (AvgIpc) is 2.96. The number of carbonyl (C=O) groups excluding carboxylic acids is 1. The number of carbonyl (C=O) groups is 1. The fourth-order valence-corrected chi connectivity index (χ4v) is 1.90. The zero-order chi connectivity index (χ0) is 13.5. The molecule has 2 N–H and O–H groups in total. The predicted molar refractivity (Wildman–Crippen MR) is 74.0 cm³/mol. The van der Waals surface area contributed by atoms with Crippen LogP contribution in [0.2, 0.25) is 0 Å². The number of likely N-dealkylation sites (N-methyl/N-ethyl adjacent to an activating group) is 1. The Balaban J connectivity index is 2.01. The summed E-state index contributed by atoms with van der Waals surface area (Å²) in [5.74, 6) is 0.684. The van der Waals surface area contributed by atoms with E-state index < -0.39 is 0 Å². The van der Waals surface area contributed by atoms with Gasteiger partial charge in [0.2, 0.25) is 0 Å². The number of hydrogen-bond donors (Lipinski definition) is 2. The van der Waals surface area contributed by atoms with Crippen LogP contribution in [0.25, 0.3) is 0 Å². The summed E-state index contributed by atoms with van der Waals surface area (Å²) >= 11 is 0. The molecule has 1 heterocycles. The minimum Gasteiger partial charge on any atom is -0.467 e. The molecule has 100 valence electrons. The topological polar surface area (TPSA) is 54.3 Å². The first kappa shape index (κ1) is 13.4. The summed E-state index contributed by atoms with van der Waals surface area (Å²) in [6.07, 6.45) is 2.43. The van der Waals surface area contributed by atoms with Gasteiger partial charge in [0.15, 0.2) is 0 Å². The van der Waals surface area contributed by atoms with E-state index in [1.807, 2.05) is 43.4 Å². The first-order valence-corrected chi connectivity index (χ1v) is 6.34. The molecule has 0 aliphatic carbocycles. The second-order valence-corrected chi connectivity index (χ2v) is 4.27. The van der Waals surface area contributed by atoms with E-state index in [-0.39, 0.29) is 5.91 Å². The van der Waals surface area contributed by atoms with Crippen LogP contribution in [0.15, 0.2) is 47.1 Å². The molecule has 4 nitrogen and oxygen atoms in total. The lowest BCUT2D eigenvalue weighted by molar-refractivity contribution is 0.0947.